The average molecular weight is 357 g/mol. The number of para-hydroxylation sites is 1. The van der Waals surface area contributed by atoms with Gasteiger partial charge in [-0.1, -0.05) is 18.2 Å². The van der Waals surface area contributed by atoms with Gasteiger partial charge in [0.05, 0.1) is 50.0 Å². The largest absolute Gasteiger partial charge is 0.334 e. The molecule has 0 bridgehead atoms. The molecule has 1 amide bonds. The van der Waals surface area contributed by atoms with Crippen molar-refractivity contribution < 1.29 is 9.69 Å². The number of hydrogen-bond acceptors (Lipinski definition) is 5. The molecule has 1 aromatic rings. The first kappa shape index (κ1) is 17.0. The Kier molecular flexibility index (Phi) is 3.46. The van der Waals surface area contributed by atoms with Crippen LogP contribution in [-0.4, -0.2) is 31.8 Å². The van der Waals surface area contributed by atoms with E-state index in [4.69, 9.17) is 5.41 Å². The van der Waals surface area contributed by atoms with E-state index in [9.17, 15) is 20.6 Å². The Hall–Kier alpha value is -3.47. The lowest BCUT2D eigenvalue weighted by atomic mass is 9.45. The van der Waals surface area contributed by atoms with Crippen LogP contribution < -0.4 is 10.2 Å². The van der Waals surface area contributed by atoms with E-state index in [1.807, 2.05) is 25.3 Å². The van der Waals surface area contributed by atoms with Gasteiger partial charge in [0, 0.05) is 5.69 Å². The standard InChI is InChI=1S/C20H16N6O/c1-26-7-6-12-13(8-21)17(24)19(10-22,11-23)20(15(12)9-26)14-4-2-3-5-16(14)25-18(20)27/h2-6,13,15,24H,7,9H2,1H3,(H,25,27)/p+1/t13?,15-,20-/m1/s1. The van der Waals surface area contributed by atoms with Crippen molar-refractivity contribution in [3.05, 3.63) is 41.5 Å². The number of rotatable bonds is 0. The summed E-state index contributed by atoms with van der Waals surface area (Å²) >= 11 is 0. The molecule has 3 N–H and O–H groups in total. The molecule has 2 unspecified atom stereocenters. The van der Waals surface area contributed by atoms with Crippen LogP contribution in [0.2, 0.25) is 0 Å². The van der Waals surface area contributed by atoms with E-state index in [0.717, 1.165) is 4.90 Å². The molecule has 132 valence electrons. The number of nitrogens with one attached hydrogen (secondary N) is 3. The fourth-order valence-corrected chi connectivity index (χ4v) is 5.02. The number of likely N-dealkylation sites (N-methyl/N-ethyl adjacent to an activating group) is 1. The summed E-state index contributed by atoms with van der Waals surface area (Å²) in [5.41, 5.74) is -2.08. The second kappa shape index (κ2) is 5.51. The molecule has 27 heavy (non-hydrogen) atoms. The number of nitrogens with zero attached hydrogens (tertiary/aromatic N) is 3. The third-order valence-corrected chi connectivity index (χ3v) is 6.20. The summed E-state index contributed by atoms with van der Waals surface area (Å²) in [7, 11) is 1.97. The van der Waals surface area contributed by atoms with Crippen LogP contribution in [0.4, 0.5) is 5.69 Å². The molecular formula is C20H17N6O+. The third-order valence-electron chi connectivity index (χ3n) is 6.20. The van der Waals surface area contributed by atoms with Crippen molar-refractivity contribution in [1.82, 2.24) is 0 Å². The van der Waals surface area contributed by atoms with E-state index in [-0.39, 0.29) is 5.71 Å². The molecule has 2 aliphatic heterocycles. The van der Waals surface area contributed by atoms with Crippen molar-refractivity contribution in [1.29, 1.82) is 21.2 Å². The number of carbonyl (C=O) groups is 1. The second-order valence-electron chi connectivity index (χ2n) is 7.38. The molecule has 7 heteroatoms. The Labute approximate surface area is 156 Å². The van der Waals surface area contributed by atoms with Gasteiger partial charge in [-0.05, 0) is 23.3 Å². The van der Waals surface area contributed by atoms with Crippen LogP contribution in [0.1, 0.15) is 5.56 Å². The highest BCUT2D eigenvalue weighted by Gasteiger charge is 2.73. The minimum atomic E-state index is -2.04. The number of quaternary nitrogens is 1. The highest BCUT2D eigenvalue weighted by Crippen LogP contribution is 2.60. The Morgan fingerprint density at radius 3 is 2.63 bits per heavy atom. The highest BCUT2D eigenvalue weighted by atomic mass is 16.2. The van der Waals surface area contributed by atoms with Crippen molar-refractivity contribution in [2.75, 3.05) is 25.5 Å². The summed E-state index contributed by atoms with van der Waals surface area (Å²) in [6, 6.07) is 13.1. The Morgan fingerprint density at radius 2 is 1.96 bits per heavy atom. The van der Waals surface area contributed by atoms with Crippen LogP contribution in [0.25, 0.3) is 0 Å². The number of anilines is 1. The molecular weight excluding hydrogens is 340 g/mol. The minimum Gasteiger partial charge on any atom is -0.334 e. The fraction of sp³-hybridized carbons (Fsp3) is 0.350. The van der Waals surface area contributed by atoms with E-state index in [2.05, 4.69) is 11.4 Å². The highest BCUT2D eigenvalue weighted by molar-refractivity contribution is 6.16. The number of benzene rings is 1. The average Bonchev–Trinajstić information content (AvgIpc) is 2.97. The summed E-state index contributed by atoms with van der Waals surface area (Å²) < 4.78 is 0. The van der Waals surface area contributed by atoms with Gasteiger partial charge in [-0.2, -0.15) is 15.8 Å². The predicted molar refractivity (Wildman–Crippen MR) is 95.4 cm³/mol. The van der Waals surface area contributed by atoms with Gasteiger partial charge in [-0.25, -0.2) is 0 Å². The van der Waals surface area contributed by atoms with Crippen molar-refractivity contribution in [2.24, 2.45) is 17.3 Å². The van der Waals surface area contributed by atoms with Gasteiger partial charge < -0.3 is 15.6 Å². The number of carbonyl (C=O) groups excluding carboxylic acids is 1. The van der Waals surface area contributed by atoms with Gasteiger partial charge in [0.1, 0.15) is 11.3 Å². The first-order valence-electron chi connectivity index (χ1n) is 8.71. The maximum atomic E-state index is 13.4. The SMILES string of the molecule is C[NH+]1CC=C2C(C#N)C(=N)C(C#N)(C#N)[C@@]3(C(=O)Nc4ccccc43)[C@@H]2C1. The molecule has 1 aliphatic carbocycles. The zero-order chi connectivity index (χ0) is 19.4. The molecule has 7 nitrogen and oxygen atoms in total. The van der Waals surface area contributed by atoms with Gasteiger partial charge in [0.15, 0.2) is 0 Å². The molecule has 4 rings (SSSR count). The van der Waals surface area contributed by atoms with E-state index in [0.29, 0.717) is 29.9 Å². The Morgan fingerprint density at radius 1 is 1.26 bits per heavy atom. The maximum absolute atomic E-state index is 13.4. The van der Waals surface area contributed by atoms with Crippen molar-refractivity contribution in [3.8, 4) is 18.2 Å². The minimum absolute atomic E-state index is 0.302. The predicted octanol–water partition coefficient (Wildman–Crippen LogP) is 0.154. The Bertz CT molecular complexity index is 1020. The van der Waals surface area contributed by atoms with E-state index >= 15 is 0 Å². The van der Waals surface area contributed by atoms with E-state index in [1.54, 1.807) is 24.3 Å². The topological polar surface area (TPSA) is 129 Å². The molecule has 1 fully saturated rings. The van der Waals surface area contributed by atoms with Crippen LogP contribution in [0.5, 0.6) is 0 Å². The summed E-state index contributed by atoms with van der Waals surface area (Å²) in [4.78, 5) is 14.5. The zero-order valence-electron chi connectivity index (χ0n) is 14.7. The summed E-state index contributed by atoms with van der Waals surface area (Å²) in [5.74, 6) is -1.92. The lowest BCUT2D eigenvalue weighted by Gasteiger charge is -2.51. The second-order valence-corrected chi connectivity index (χ2v) is 7.38. The summed E-state index contributed by atoms with van der Waals surface area (Å²) in [6.45, 7) is 1.17. The molecule has 4 atom stereocenters. The monoisotopic (exact) mass is 357 g/mol. The van der Waals surface area contributed by atoms with Gasteiger partial charge in [0.25, 0.3) is 0 Å². The maximum Gasteiger partial charge on any atom is 0.239 e. The van der Waals surface area contributed by atoms with Crippen LogP contribution >= 0.6 is 0 Å². The molecule has 1 aromatic carbocycles. The molecule has 1 saturated carbocycles. The molecule has 0 radical (unpaired) electrons. The molecule has 3 aliphatic rings. The van der Waals surface area contributed by atoms with E-state index in [1.165, 1.54) is 0 Å². The quantitative estimate of drug-likeness (QED) is 0.571. The summed E-state index contributed by atoms with van der Waals surface area (Å²) in [6.07, 6.45) is 1.90. The van der Waals surface area contributed by atoms with Crippen molar-refractivity contribution in [3.63, 3.8) is 0 Å². The van der Waals surface area contributed by atoms with Gasteiger partial charge in [0.2, 0.25) is 11.3 Å². The number of fused-ring (bicyclic) bond motifs is 4. The number of hydrogen-bond donors (Lipinski definition) is 3. The van der Waals surface area contributed by atoms with Crippen molar-refractivity contribution >= 4 is 17.3 Å². The van der Waals surface area contributed by atoms with E-state index < -0.39 is 28.6 Å². The first-order valence-corrected chi connectivity index (χ1v) is 8.71. The van der Waals surface area contributed by atoms with Crippen LogP contribution in [0.15, 0.2) is 35.9 Å². The summed E-state index contributed by atoms with van der Waals surface area (Å²) in [5, 5.41) is 41.4. The molecule has 0 aromatic heterocycles. The van der Waals surface area contributed by atoms with Gasteiger partial charge >= 0.3 is 0 Å². The lowest BCUT2D eigenvalue weighted by molar-refractivity contribution is -0.879. The smallest absolute Gasteiger partial charge is 0.239 e. The number of nitriles is 3. The van der Waals surface area contributed by atoms with Crippen LogP contribution in [0, 0.1) is 56.7 Å². The lowest BCUT2D eigenvalue weighted by Crippen LogP contribution is -3.11. The zero-order valence-corrected chi connectivity index (χ0v) is 14.7. The van der Waals surface area contributed by atoms with Crippen molar-refractivity contribution in [2.45, 2.75) is 5.41 Å². The van der Waals surface area contributed by atoms with Crippen LogP contribution in [-0.2, 0) is 10.2 Å². The first-order chi connectivity index (χ1) is 13.0. The normalized spacial score (nSPS) is 33.0. The number of amides is 1. The molecule has 1 spiro atoms. The van der Waals surface area contributed by atoms with Gasteiger partial charge in [-0.3, -0.25) is 4.79 Å². The Balaban J connectivity index is 2.14. The third kappa shape index (κ3) is 1.76. The molecule has 0 saturated heterocycles. The molecule has 2 heterocycles. The van der Waals surface area contributed by atoms with Gasteiger partial charge in [-0.15, -0.1) is 0 Å². The fourth-order valence-electron chi connectivity index (χ4n) is 5.02. The van der Waals surface area contributed by atoms with Crippen LogP contribution in [0.3, 0.4) is 0 Å².